The zero-order valence-corrected chi connectivity index (χ0v) is 17.4. The van der Waals surface area contributed by atoms with E-state index in [0.717, 1.165) is 31.2 Å². The molecule has 1 saturated heterocycles. The fraction of sp³-hybridized carbons (Fsp3) is 0.417. The monoisotopic (exact) mass is 421 g/mol. The predicted octanol–water partition coefficient (Wildman–Crippen LogP) is 3.06. The van der Waals surface area contributed by atoms with E-state index in [-0.39, 0.29) is 23.8 Å². The van der Waals surface area contributed by atoms with Gasteiger partial charge in [-0.15, -0.1) is 0 Å². The number of anilines is 1. The largest absolute Gasteiger partial charge is 0.486 e. The second-order valence-electron chi connectivity index (χ2n) is 8.51. The van der Waals surface area contributed by atoms with Crippen LogP contribution in [0.15, 0.2) is 42.5 Å². The number of carbonyl (C=O) groups is 2. The summed E-state index contributed by atoms with van der Waals surface area (Å²) in [4.78, 5) is 25.0. The molecule has 2 fully saturated rings. The zero-order chi connectivity index (χ0) is 21.2. The average molecular weight is 421 g/mol. The lowest BCUT2D eigenvalue weighted by Gasteiger charge is -2.41. The third kappa shape index (κ3) is 4.23. The van der Waals surface area contributed by atoms with Gasteiger partial charge in [0.2, 0.25) is 5.91 Å². The zero-order valence-electron chi connectivity index (χ0n) is 17.4. The van der Waals surface area contributed by atoms with Gasteiger partial charge in [-0.05, 0) is 55.0 Å². The average Bonchev–Trinajstić information content (AvgIpc) is 2.81. The van der Waals surface area contributed by atoms with Gasteiger partial charge in [0.15, 0.2) is 11.5 Å². The molecule has 7 nitrogen and oxygen atoms in total. The van der Waals surface area contributed by atoms with E-state index in [1.54, 1.807) is 6.07 Å². The molecule has 31 heavy (non-hydrogen) atoms. The Morgan fingerprint density at radius 3 is 2.77 bits per heavy atom. The maximum atomic E-state index is 12.8. The summed E-state index contributed by atoms with van der Waals surface area (Å²) in [6.45, 7) is 1.04. The quantitative estimate of drug-likeness (QED) is 0.706. The first kappa shape index (κ1) is 19.9. The molecule has 3 aliphatic rings. The molecule has 3 atom stereocenters. The molecule has 162 valence electrons. The molecule has 2 aromatic rings. The Hall–Kier alpha value is -3.06. The van der Waals surface area contributed by atoms with E-state index >= 15 is 0 Å². The predicted molar refractivity (Wildman–Crippen MR) is 116 cm³/mol. The molecule has 1 saturated carbocycles. The number of ether oxygens (including phenoxy) is 2. The summed E-state index contributed by atoms with van der Waals surface area (Å²) in [6.07, 6.45) is 5.10. The molecular formula is C24H27N3O4. The number of carbonyl (C=O) groups excluding carboxylic acids is 2. The molecule has 0 bridgehead atoms. The number of benzene rings is 2. The lowest BCUT2D eigenvalue weighted by Crippen LogP contribution is -2.60. The summed E-state index contributed by atoms with van der Waals surface area (Å²) < 4.78 is 11.1. The van der Waals surface area contributed by atoms with E-state index in [1.807, 2.05) is 36.4 Å². The SMILES string of the molecule is O=C(Nc1ccc2c(c1)OCCO2)c1cccc(CC2NNC(=O)C3CCCCC23)c1. The molecule has 0 radical (unpaired) electrons. The van der Waals surface area contributed by atoms with E-state index in [1.165, 1.54) is 6.42 Å². The van der Waals surface area contributed by atoms with Gasteiger partial charge in [-0.25, -0.2) is 5.43 Å². The summed E-state index contributed by atoms with van der Waals surface area (Å²) in [5.41, 5.74) is 8.41. The Morgan fingerprint density at radius 2 is 1.87 bits per heavy atom. The van der Waals surface area contributed by atoms with Gasteiger partial charge < -0.3 is 14.8 Å². The van der Waals surface area contributed by atoms with Crippen LogP contribution < -0.4 is 25.6 Å². The highest BCUT2D eigenvalue weighted by Crippen LogP contribution is 2.35. The highest BCUT2D eigenvalue weighted by molar-refractivity contribution is 6.04. The second-order valence-corrected chi connectivity index (χ2v) is 8.51. The van der Waals surface area contributed by atoms with Gasteiger partial charge in [0.25, 0.3) is 5.91 Å². The number of fused-ring (bicyclic) bond motifs is 2. The van der Waals surface area contributed by atoms with Crippen molar-refractivity contribution in [2.45, 2.75) is 38.1 Å². The van der Waals surface area contributed by atoms with Gasteiger partial charge in [0, 0.05) is 29.3 Å². The minimum atomic E-state index is -0.168. The van der Waals surface area contributed by atoms with E-state index in [0.29, 0.717) is 41.9 Å². The minimum absolute atomic E-state index is 0.0988. The van der Waals surface area contributed by atoms with Crippen LogP contribution in [-0.4, -0.2) is 31.1 Å². The van der Waals surface area contributed by atoms with Crippen LogP contribution >= 0.6 is 0 Å². The Labute approximate surface area is 181 Å². The Bertz CT molecular complexity index is 993. The fourth-order valence-corrected chi connectivity index (χ4v) is 4.95. The summed E-state index contributed by atoms with van der Waals surface area (Å²) in [7, 11) is 0. The number of rotatable bonds is 4. The first-order valence-electron chi connectivity index (χ1n) is 11.0. The van der Waals surface area contributed by atoms with E-state index in [4.69, 9.17) is 9.47 Å². The molecule has 5 rings (SSSR count). The highest BCUT2D eigenvalue weighted by atomic mass is 16.6. The topological polar surface area (TPSA) is 88.7 Å². The number of hydrogen-bond acceptors (Lipinski definition) is 5. The molecule has 3 unspecified atom stereocenters. The van der Waals surface area contributed by atoms with Crippen molar-refractivity contribution in [3.8, 4) is 11.5 Å². The number of hydrogen-bond donors (Lipinski definition) is 3. The van der Waals surface area contributed by atoms with Crippen LogP contribution in [0.25, 0.3) is 0 Å². The van der Waals surface area contributed by atoms with Gasteiger partial charge in [-0.1, -0.05) is 25.0 Å². The van der Waals surface area contributed by atoms with Gasteiger partial charge in [0.1, 0.15) is 13.2 Å². The Kier molecular flexibility index (Phi) is 5.51. The van der Waals surface area contributed by atoms with Crippen LogP contribution in [0.5, 0.6) is 11.5 Å². The van der Waals surface area contributed by atoms with Crippen molar-refractivity contribution in [2.24, 2.45) is 11.8 Å². The smallest absolute Gasteiger partial charge is 0.255 e. The van der Waals surface area contributed by atoms with Gasteiger partial charge >= 0.3 is 0 Å². The molecule has 2 heterocycles. The van der Waals surface area contributed by atoms with Crippen LogP contribution in [-0.2, 0) is 11.2 Å². The van der Waals surface area contributed by atoms with Crippen molar-refractivity contribution < 1.29 is 19.1 Å². The number of hydrazine groups is 1. The van der Waals surface area contributed by atoms with Crippen molar-refractivity contribution in [2.75, 3.05) is 18.5 Å². The third-order valence-corrected chi connectivity index (χ3v) is 6.50. The molecule has 2 aliphatic heterocycles. The van der Waals surface area contributed by atoms with Crippen LogP contribution in [0.1, 0.15) is 41.6 Å². The summed E-state index contributed by atoms with van der Waals surface area (Å²) >= 11 is 0. The second kappa shape index (κ2) is 8.59. The summed E-state index contributed by atoms with van der Waals surface area (Å²) in [5, 5.41) is 2.94. The first-order chi connectivity index (χ1) is 15.2. The summed E-state index contributed by atoms with van der Waals surface area (Å²) in [6, 6.07) is 13.3. The molecule has 2 amide bonds. The minimum Gasteiger partial charge on any atom is -0.486 e. The van der Waals surface area contributed by atoms with Crippen molar-refractivity contribution in [1.82, 2.24) is 10.9 Å². The van der Waals surface area contributed by atoms with Gasteiger partial charge in [0.05, 0.1) is 0 Å². The lowest BCUT2D eigenvalue weighted by atomic mass is 9.72. The summed E-state index contributed by atoms with van der Waals surface area (Å²) in [5.74, 6) is 1.73. The van der Waals surface area contributed by atoms with E-state index in [2.05, 4.69) is 16.2 Å². The van der Waals surface area contributed by atoms with Gasteiger partial charge in [-0.2, -0.15) is 0 Å². The highest BCUT2D eigenvalue weighted by Gasteiger charge is 2.39. The lowest BCUT2D eigenvalue weighted by molar-refractivity contribution is -0.133. The van der Waals surface area contributed by atoms with Crippen LogP contribution in [0, 0.1) is 11.8 Å². The van der Waals surface area contributed by atoms with Crippen molar-refractivity contribution in [1.29, 1.82) is 0 Å². The molecule has 0 spiro atoms. The van der Waals surface area contributed by atoms with E-state index < -0.39 is 0 Å². The van der Waals surface area contributed by atoms with Crippen LogP contribution in [0.2, 0.25) is 0 Å². The van der Waals surface area contributed by atoms with E-state index in [9.17, 15) is 9.59 Å². The molecule has 0 aromatic heterocycles. The molecule has 3 N–H and O–H groups in total. The Balaban J connectivity index is 1.27. The van der Waals surface area contributed by atoms with Crippen molar-refractivity contribution >= 4 is 17.5 Å². The molecule has 7 heteroatoms. The Morgan fingerprint density at radius 1 is 1.03 bits per heavy atom. The number of amides is 2. The standard InChI is InChI=1S/C24H27N3O4/c28-23(25-17-8-9-21-22(14-17)31-11-10-30-21)16-5-3-4-15(12-16)13-20-18-6-1-2-7-19(18)24(29)27-26-20/h3-5,8-9,12,14,18-20,26H,1-2,6-7,10-11,13H2,(H,25,28)(H,27,29). The van der Waals surface area contributed by atoms with Crippen LogP contribution in [0.3, 0.4) is 0 Å². The first-order valence-corrected chi connectivity index (χ1v) is 11.0. The maximum Gasteiger partial charge on any atom is 0.255 e. The maximum absolute atomic E-state index is 12.8. The van der Waals surface area contributed by atoms with Crippen molar-refractivity contribution in [3.63, 3.8) is 0 Å². The van der Waals surface area contributed by atoms with Gasteiger partial charge in [-0.3, -0.25) is 15.0 Å². The molecule has 2 aromatic carbocycles. The van der Waals surface area contributed by atoms with Crippen LogP contribution in [0.4, 0.5) is 5.69 Å². The normalized spacial score (nSPS) is 24.6. The fourth-order valence-electron chi connectivity index (χ4n) is 4.95. The molecular weight excluding hydrogens is 394 g/mol. The number of nitrogens with one attached hydrogen (secondary N) is 3. The molecule has 1 aliphatic carbocycles. The van der Waals surface area contributed by atoms with Crippen molar-refractivity contribution in [3.05, 3.63) is 53.6 Å². The third-order valence-electron chi connectivity index (χ3n) is 6.50.